The summed E-state index contributed by atoms with van der Waals surface area (Å²) in [6.07, 6.45) is 1.67. The number of phenols is 1. The van der Waals surface area contributed by atoms with E-state index < -0.39 is 0 Å². The van der Waals surface area contributed by atoms with Gasteiger partial charge in [-0.25, -0.2) is 0 Å². The van der Waals surface area contributed by atoms with Crippen LogP contribution in [0.25, 0.3) is 10.9 Å². The van der Waals surface area contributed by atoms with Crippen molar-refractivity contribution in [1.82, 2.24) is 4.98 Å². The van der Waals surface area contributed by atoms with Gasteiger partial charge in [0.1, 0.15) is 11.3 Å². The molecule has 0 fully saturated rings. The molecule has 63 valence electrons. The van der Waals surface area contributed by atoms with E-state index in [2.05, 4.69) is 9.42 Å². The summed E-state index contributed by atoms with van der Waals surface area (Å²) in [5, 5.41) is 10.3. The fourth-order valence-electron chi connectivity index (χ4n) is 1.09. The van der Waals surface area contributed by atoms with Gasteiger partial charge in [0.25, 0.3) is 0 Å². The van der Waals surface area contributed by atoms with Crippen LogP contribution in [0.1, 0.15) is 0 Å². The molecule has 0 spiro atoms. The van der Waals surface area contributed by atoms with Gasteiger partial charge in [0, 0.05) is 11.6 Å². The summed E-state index contributed by atoms with van der Waals surface area (Å²) in [7, 11) is 0. The average Bonchev–Trinajstić information content (AvgIpc) is 2.22. The van der Waals surface area contributed by atoms with Crippen molar-refractivity contribution in [3.05, 3.63) is 36.5 Å². The summed E-state index contributed by atoms with van der Waals surface area (Å²) in [6, 6.07) is 9.13. The van der Waals surface area contributed by atoms with Crippen molar-refractivity contribution >= 4 is 10.9 Å². The summed E-state index contributed by atoms with van der Waals surface area (Å²) in [4.78, 5) is 4.03. The molecule has 0 saturated heterocycles. The summed E-state index contributed by atoms with van der Waals surface area (Å²) < 4.78 is 2.19. The van der Waals surface area contributed by atoms with Gasteiger partial charge in [-0.05, 0) is 12.1 Å². The van der Waals surface area contributed by atoms with Crippen LogP contribution in [0.5, 0.6) is 5.75 Å². The number of hydrogen-bond acceptors (Lipinski definition) is 2. The molecule has 0 unspecified atom stereocenters. The average molecular weight is 361 g/mol. The second-order valence-corrected chi connectivity index (χ2v) is 2.35. The monoisotopic (exact) mass is 362 g/mol. The first-order chi connectivity index (χ1) is 6.38. The molecule has 0 aliphatic rings. The van der Waals surface area contributed by atoms with Crippen molar-refractivity contribution in [1.29, 1.82) is 0 Å². The zero-order valence-electron chi connectivity index (χ0n) is 7.57. The van der Waals surface area contributed by atoms with Gasteiger partial charge >= 0.3 is 30.6 Å². The molecule has 0 bridgehead atoms. The Morgan fingerprint density at radius 2 is 1.85 bits per heavy atom. The second kappa shape index (κ2) is 5.17. The van der Waals surface area contributed by atoms with Crippen LogP contribution in [0.15, 0.2) is 36.5 Å². The number of fused-ring (bicyclic) bond motifs is 1. The Kier molecular flexibility index (Phi) is 4.16. The Morgan fingerprint density at radius 3 is 2.54 bits per heavy atom. The van der Waals surface area contributed by atoms with Gasteiger partial charge in [-0.15, -0.1) is 0 Å². The standard InChI is InChI=1S/C9H7NO.CH3.Hg/c11-8-5-1-3-7-4-2-6-10-9(7)8;;/h1-6,11H;1H3;. The van der Waals surface area contributed by atoms with E-state index in [1.165, 1.54) is 0 Å². The van der Waals surface area contributed by atoms with Gasteiger partial charge in [0.05, 0.1) is 0 Å². The molecule has 0 saturated carbocycles. The summed E-state index contributed by atoms with van der Waals surface area (Å²) in [6.45, 7) is 0. The molecule has 1 heterocycles. The minimum atomic E-state index is 0.239. The Hall–Kier alpha value is -0.635. The zero-order chi connectivity index (χ0) is 9.68. The number of benzene rings is 1. The van der Waals surface area contributed by atoms with Crippen LogP contribution in [0, 0.1) is 0 Å². The van der Waals surface area contributed by atoms with Crippen molar-refractivity contribution in [2.45, 2.75) is 4.43 Å². The molecule has 13 heavy (non-hydrogen) atoms. The zero-order valence-corrected chi connectivity index (χ0v) is 13.1. The minimum absolute atomic E-state index is 0.239. The van der Waals surface area contributed by atoms with E-state index in [-0.39, 0.29) is 5.75 Å². The molecule has 0 aliphatic heterocycles. The predicted octanol–water partition coefficient (Wildman–Crippen LogP) is 2.52. The Bertz CT molecular complexity index is 384. The van der Waals surface area contributed by atoms with E-state index in [9.17, 15) is 5.11 Å². The molecular formula is C10H10HgNO. The first-order valence-electron chi connectivity index (χ1n) is 4.11. The van der Waals surface area contributed by atoms with Crippen LogP contribution in [-0.2, 0) is 26.1 Å². The van der Waals surface area contributed by atoms with Crippen molar-refractivity contribution in [2.75, 3.05) is 0 Å². The fourth-order valence-corrected chi connectivity index (χ4v) is 1.09. The Labute approximate surface area is 93.6 Å². The number of aromatic nitrogens is 1. The Morgan fingerprint density at radius 1 is 1.15 bits per heavy atom. The molecule has 0 atom stereocenters. The molecule has 0 radical (unpaired) electrons. The molecule has 1 aromatic carbocycles. The van der Waals surface area contributed by atoms with Crippen molar-refractivity contribution < 1.29 is 31.2 Å². The number of aromatic hydroxyl groups is 1. The van der Waals surface area contributed by atoms with Crippen LogP contribution in [0.4, 0.5) is 0 Å². The number of hydrogen-bond donors (Lipinski definition) is 1. The van der Waals surface area contributed by atoms with Crippen LogP contribution in [0.2, 0.25) is 4.43 Å². The molecule has 0 amide bonds. The molecule has 3 heteroatoms. The van der Waals surface area contributed by atoms with E-state index in [1.54, 1.807) is 18.3 Å². The van der Waals surface area contributed by atoms with Crippen molar-refractivity contribution in [3.63, 3.8) is 0 Å². The van der Waals surface area contributed by atoms with Gasteiger partial charge in [-0.1, -0.05) is 18.2 Å². The third-order valence-corrected chi connectivity index (χ3v) is 1.61. The normalized spacial score (nSPS) is 9.15. The maximum absolute atomic E-state index is 9.31. The van der Waals surface area contributed by atoms with Crippen LogP contribution >= 0.6 is 0 Å². The topological polar surface area (TPSA) is 33.1 Å². The van der Waals surface area contributed by atoms with Crippen LogP contribution in [0.3, 0.4) is 0 Å². The molecule has 1 N–H and O–H groups in total. The fraction of sp³-hybridized carbons (Fsp3) is 0.100. The molecule has 2 rings (SSSR count). The van der Waals surface area contributed by atoms with Gasteiger partial charge < -0.3 is 5.11 Å². The second-order valence-electron chi connectivity index (χ2n) is 2.35. The molecular weight excluding hydrogens is 351 g/mol. The van der Waals surface area contributed by atoms with Gasteiger partial charge in [0.15, 0.2) is 0 Å². The van der Waals surface area contributed by atoms with Gasteiger partial charge in [-0.3, -0.25) is 4.98 Å². The van der Waals surface area contributed by atoms with E-state index in [4.69, 9.17) is 0 Å². The summed E-state index contributed by atoms with van der Waals surface area (Å²) in [5.41, 5.74) is 0.662. The van der Waals surface area contributed by atoms with Crippen molar-refractivity contribution in [3.8, 4) is 5.75 Å². The molecule has 2 nitrogen and oxygen atoms in total. The van der Waals surface area contributed by atoms with Gasteiger partial charge in [0.2, 0.25) is 0 Å². The molecule has 0 aliphatic carbocycles. The maximum atomic E-state index is 9.31. The van der Waals surface area contributed by atoms with Crippen molar-refractivity contribution in [2.24, 2.45) is 0 Å². The summed E-state index contributed by atoms with van der Waals surface area (Å²) >= 11 is 1.03. The van der Waals surface area contributed by atoms with Crippen LogP contribution in [-0.4, -0.2) is 10.1 Å². The SMILES string of the molecule is Oc1cccc2cccnc12.[CH3][Hg]. The molecule has 1 aromatic heterocycles. The summed E-state index contributed by atoms with van der Waals surface area (Å²) in [5.74, 6) is 0.239. The quantitative estimate of drug-likeness (QED) is 0.732. The van der Waals surface area contributed by atoms with E-state index >= 15 is 0 Å². The number of pyridine rings is 1. The van der Waals surface area contributed by atoms with E-state index in [0.29, 0.717) is 5.52 Å². The number of para-hydroxylation sites is 1. The third kappa shape index (κ3) is 2.40. The van der Waals surface area contributed by atoms with Crippen LogP contribution < -0.4 is 0 Å². The molecule has 2 aromatic rings. The van der Waals surface area contributed by atoms with Gasteiger partial charge in [-0.2, -0.15) is 0 Å². The van der Waals surface area contributed by atoms with E-state index in [0.717, 1.165) is 31.5 Å². The first-order valence-corrected chi connectivity index (χ1v) is 9.61. The number of phenolic OH excluding ortho intramolecular Hbond substituents is 1. The number of nitrogens with zero attached hydrogens (tertiary/aromatic N) is 1. The predicted molar refractivity (Wildman–Crippen MR) is 49.3 cm³/mol. The third-order valence-electron chi connectivity index (χ3n) is 1.61. The van der Waals surface area contributed by atoms with E-state index in [1.807, 2.05) is 18.2 Å². The first kappa shape index (κ1) is 10.4. The number of rotatable bonds is 0. The Balaban J connectivity index is 0.000000396.